The van der Waals surface area contributed by atoms with E-state index in [1.54, 1.807) is 16.8 Å². The highest BCUT2D eigenvalue weighted by molar-refractivity contribution is 7.71. The van der Waals surface area contributed by atoms with Crippen molar-refractivity contribution in [2.45, 2.75) is 26.5 Å². The topological polar surface area (TPSA) is 54.9 Å². The van der Waals surface area contributed by atoms with Crippen LogP contribution in [0, 0.1) is 4.77 Å². The zero-order valence-electron chi connectivity index (χ0n) is 14.1. The average Bonchev–Trinajstić information content (AvgIpc) is 3.00. The number of benzene rings is 2. The van der Waals surface area contributed by atoms with E-state index in [2.05, 4.69) is 15.6 Å². The fourth-order valence-electron chi connectivity index (χ4n) is 2.47. The Morgan fingerprint density at radius 3 is 2.65 bits per heavy atom. The maximum Gasteiger partial charge on any atom is 0.214 e. The number of rotatable bonds is 7. The van der Waals surface area contributed by atoms with Crippen molar-refractivity contribution in [3.63, 3.8) is 0 Å². The highest BCUT2D eigenvalue weighted by atomic mass is 35.5. The van der Waals surface area contributed by atoms with E-state index in [1.165, 1.54) is 0 Å². The molecular formula is C18H18Cl2N4OS. The van der Waals surface area contributed by atoms with Crippen molar-refractivity contribution >= 4 is 35.4 Å². The summed E-state index contributed by atoms with van der Waals surface area (Å²) in [6, 6.07) is 13.2. The molecule has 0 bridgehead atoms. The van der Waals surface area contributed by atoms with Gasteiger partial charge >= 0.3 is 0 Å². The van der Waals surface area contributed by atoms with Crippen molar-refractivity contribution in [1.29, 1.82) is 0 Å². The van der Waals surface area contributed by atoms with E-state index in [9.17, 15) is 0 Å². The first kappa shape index (κ1) is 18.8. The zero-order valence-corrected chi connectivity index (χ0v) is 16.5. The molecule has 3 aromatic rings. The Balaban J connectivity index is 1.67. The van der Waals surface area contributed by atoms with Gasteiger partial charge in [0.05, 0.1) is 6.54 Å². The molecule has 0 aliphatic carbocycles. The predicted molar refractivity (Wildman–Crippen MR) is 107 cm³/mol. The number of aryl methyl sites for hydroxylation is 1. The lowest BCUT2D eigenvalue weighted by atomic mass is 10.2. The van der Waals surface area contributed by atoms with E-state index < -0.39 is 0 Å². The van der Waals surface area contributed by atoms with E-state index in [-0.39, 0.29) is 0 Å². The number of aromatic amines is 1. The number of H-pyrrole nitrogens is 1. The molecule has 26 heavy (non-hydrogen) atoms. The molecule has 0 radical (unpaired) electrons. The summed E-state index contributed by atoms with van der Waals surface area (Å²) in [6.07, 6.45) is 0.780. The summed E-state index contributed by atoms with van der Waals surface area (Å²) in [5.74, 6) is 1.60. The quantitative estimate of drug-likeness (QED) is 0.531. The molecule has 0 fully saturated rings. The predicted octanol–water partition coefficient (Wildman–Crippen LogP) is 5.13. The van der Waals surface area contributed by atoms with Crippen LogP contribution in [-0.4, -0.2) is 14.9 Å². The van der Waals surface area contributed by atoms with Gasteiger partial charge in [0.2, 0.25) is 4.77 Å². The van der Waals surface area contributed by atoms with Gasteiger partial charge in [-0.3, -0.25) is 5.10 Å². The molecule has 2 N–H and O–H groups in total. The Kier molecular flexibility index (Phi) is 6.19. The smallest absolute Gasteiger partial charge is 0.214 e. The molecule has 0 amide bonds. The van der Waals surface area contributed by atoms with Crippen LogP contribution >= 0.6 is 35.4 Å². The van der Waals surface area contributed by atoms with Crippen molar-refractivity contribution in [2.24, 2.45) is 0 Å². The first-order chi connectivity index (χ1) is 12.6. The zero-order chi connectivity index (χ0) is 18.5. The number of hydrogen-bond donors (Lipinski definition) is 2. The third-order valence-electron chi connectivity index (χ3n) is 3.84. The van der Waals surface area contributed by atoms with Gasteiger partial charge < -0.3 is 10.2 Å². The van der Waals surface area contributed by atoms with E-state index in [4.69, 9.17) is 40.2 Å². The summed E-state index contributed by atoms with van der Waals surface area (Å²) in [7, 11) is 0. The first-order valence-electron chi connectivity index (χ1n) is 8.13. The minimum atomic E-state index is 0.308. The highest BCUT2D eigenvalue weighted by Crippen LogP contribution is 2.26. The molecule has 0 unspecified atom stereocenters. The van der Waals surface area contributed by atoms with Gasteiger partial charge in [-0.15, -0.1) is 0 Å². The van der Waals surface area contributed by atoms with Gasteiger partial charge in [-0.2, -0.15) is 5.10 Å². The molecule has 8 heteroatoms. The van der Waals surface area contributed by atoms with Crippen LogP contribution in [0.25, 0.3) is 0 Å². The Hall–Kier alpha value is -2.02. The molecule has 3 rings (SSSR count). The second kappa shape index (κ2) is 8.58. The number of aromatic nitrogens is 3. The molecule has 0 saturated heterocycles. The van der Waals surface area contributed by atoms with Crippen molar-refractivity contribution < 1.29 is 4.74 Å². The van der Waals surface area contributed by atoms with Gasteiger partial charge in [-0.05, 0) is 42.0 Å². The van der Waals surface area contributed by atoms with E-state index >= 15 is 0 Å². The Labute approximate surface area is 166 Å². The van der Waals surface area contributed by atoms with Gasteiger partial charge in [0.25, 0.3) is 0 Å². The summed E-state index contributed by atoms with van der Waals surface area (Å²) in [5.41, 5.74) is 5.10. The van der Waals surface area contributed by atoms with Crippen molar-refractivity contribution in [2.75, 3.05) is 5.43 Å². The molecule has 0 aliphatic rings. The van der Waals surface area contributed by atoms with Crippen molar-refractivity contribution in [1.82, 2.24) is 14.9 Å². The van der Waals surface area contributed by atoms with Crippen molar-refractivity contribution in [3.05, 3.63) is 74.2 Å². The Morgan fingerprint density at radius 1 is 1.19 bits per heavy atom. The minimum Gasteiger partial charge on any atom is -0.489 e. The molecule has 1 aromatic heterocycles. The number of halogens is 2. The van der Waals surface area contributed by atoms with Gasteiger partial charge in [0.1, 0.15) is 12.4 Å². The van der Waals surface area contributed by atoms with Crippen LogP contribution < -0.4 is 10.2 Å². The lowest BCUT2D eigenvalue weighted by Crippen LogP contribution is -2.17. The summed E-state index contributed by atoms with van der Waals surface area (Å²) in [5, 5.41) is 8.15. The van der Waals surface area contributed by atoms with Gasteiger partial charge in [0.15, 0.2) is 5.82 Å². The average molecular weight is 409 g/mol. The summed E-state index contributed by atoms with van der Waals surface area (Å²) in [6.45, 7) is 2.92. The first-order valence-corrected chi connectivity index (χ1v) is 9.29. The second-order valence-corrected chi connectivity index (χ2v) is 6.81. The number of nitrogens with zero attached hydrogens (tertiary/aromatic N) is 2. The van der Waals surface area contributed by atoms with Crippen molar-refractivity contribution in [3.8, 4) is 5.75 Å². The monoisotopic (exact) mass is 408 g/mol. The maximum absolute atomic E-state index is 6.18. The lowest BCUT2D eigenvalue weighted by molar-refractivity contribution is 0.306. The van der Waals surface area contributed by atoms with Crippen LogP contribution in [0.1, 0.15) is 23.9 Å². The Bertz CT molecular complexity index is 934. The molecule has 0 atom stereocenters. The van der Waals surface area contributed by atoms with Crippen LogP contribution in [0.15, 0.2) is 42.5 Å². The minimum absolute atomic E-state index is 0.308. The molecule has 5 nitrogen and oxygen atoms in total. The molecule has 0 saturated carbocycles. The van der Waals surface area contributed by atoms with E-state index in [1.807, 2.05) is 37.3 Å². The van der Waals surface area contributed by atoms with Crippen LogP contribution in [-0.2, 0) is 19.6 Å². The molecule has 0 aliphatic heterocycles. The van der Waals surface area contributed by atoms with Gasteiger partial charge in [-0.1, -0.05) is 48.3 Å². The molecule has 2 aromatic carbocycles. The standard InChI is InChI=1S/C18H18Cl2N4OS/c1-2-17-22-23-18(26)24(17)21-10-12-5-3-6-13(9-12)25-11-14-15(19)7-4-8-16(14)20/h3-9,21H,2,10-11H2,1H3,(H,23,26). The van der Waals surface area contributed by atoms with E-state index in [0.717, 1.165) is 29.1 Å². The van der Waals surface area contributed by atoms with Gasteiger partial charge in [-0.25, -0.2) is 4.68 Å². The lowest BCUT2D eigenvalue weighted by Gasteiger charge is -2.12. The Morgan fingerprint density at radius 2 is 1.92 bits per heavy atom. The highest BCUT2D eigenvalue weighted by Gasteiger charge is 2.07. The third kappa shape index (κ3) is 4.38. The molecule has 0 spiro atoms. The van der Waals surface area contributed by atoms with Gasteiger partial charge in [0, 0.05) is 22.0 Å². The van der Waals surface area contributed by atoms with E-state index in [0.29, 0.717) is 28.0 Å². The summed E-state index contributed by atoms with van der Waals surface area (Å²) < 4.78 is 8.19. The van der Waals surface area contributed by atoms with Crippen LogP contribution in [0.5, 0.6) is 5.75 Å². The van der Waals surface area contributed by atoms with Crippen LogP contribution in [0.3, 0.4) is 0 Å². The summed E-state index contributed by atoms with van der Waals surface area (Å²) in [4.78, 5) is 0. The molecule has 136 valence electrons. The molecular weight excluding hydrogens is 391 g/mol. The third-order valence-corrected chi connectivity index (χ3v) is 4.82. The SMILES string of the molecule is CCc1n[nH]c(=S)n1NCc1cccc(OCc2c(Cl)cccc2Cl)c1. The largest absolute Gasteiger partial charge is 0.489 e. The van der Waals surface area contributed by atoms with Crippen LogP contribution in [0.2, 0.25) is 10.0 Å². The summed E-state index contributed by atoms with van der Waals surface area (Å²) >= 11 is 17.6. The fourth-order valence-corrected chi connectivity index (χ4v) is 3.19. The maximum atomic E-state index is 6.18. The molecule has 1 heterocycles. The fraction of sp³-hybridized carbons (Fsp3) is 0.222. The van der Waals surface area contributed by atoms with Crippen LogP contribution in [0.4, 0.5) is 0 Å². The number of nitrogens with one attached hydrogen (secondary N) is 2. The second-order valence-electron chi connectivity index (χ2n) is 5.61. The number of hydrogen-bond acceptors (Lipinski definition) is 4. The number of ether oxygens (including phenoxy) is 1. The normalized spacial score (nSPS) is 10.7.